The van der Waals surface area contributed by atoms with Crippen molar-refractivity contribution in [2.75, 3.05) is 0 Å². The van der Waals surface area contributed by atoms with Crippen molar-refractivity contribution >= 4 is 5.78 Å². The largest absolute Gasteiger partial charge is 0.494 e. The second-order valence-electron chi connectivity index (χ2n) is 9.01. The Kier molecular flexibility index (Phi) is 7.26. The number of hydrogen-bond acceptors (Lipinski definition) is 5. The lowest BCUT2D eigenvalue weighted by Crippen LogP contribution is -2.31. The van der Waals surface area contributed by atoms with Gasteiger partial charge in [-0.3, -0.25) is 14.2 Å². The summed E-state index contributed by atoms with van der Waals surface area (Å²) in [7, 11) is 0. The van der Waals surface area contributed by atoms with Crippen LogP contribution in [0, 0.1) is 32.1 Å². The van der Waals surface area contributed by atoms with Crippen molar-refractivity contribution in [3.63, 3.8) is 0 Å². The molecule has 1 heterocycles. The van der Waals surface area contributed by atoms with E-state index in [0.29, 0.717) is 5.75 Å². The number of carbonyl (C=O) groups excluding carboxylic acids is 1. The fourth-order valence-electron chi connectivity index (χ4n) is 3.94. The van der Waals surface area contributed by atoms with Crippen molar-refractivity contribution in [3.8, 4) is 17.7 Å². The van der Waals surface area contributed by atoms with Crippen LogP contribution < -0.4 is 10.3 Å². The molecule has 1 unspecified atom stereocenters. The number of nitriles is 1. The Morgan fingerprint density at radius 2 is 1.68 bits per heavy atom. The number of ether oxygens (including phenoxy) is 1. The Hall–Kier alpha value is -3.85. The molecule has 1 aromatic heterocycles. The lowest BCUT2D eigenvalue weighted by atomic mass is 9.98. The molecule has 0 aliphatic rings. The Labute approximate surface area is 200 Å². The highest BCUT2D eigenvalue weighted by molar-refractivity contribution is 6.03. The van der Waals surface area contributed by atoms with Gasteiger partial charge in [-0.05, 0) is 61.9 Å². The SMILES string of the molecule is Cc1ccc(Cn2c(O)c(C(=O)C(C)Oc3cc(C)ccc3C(C)C)c(C)c(C#N)c2=O)cc1. The standard InChI is InChI=1S/C28H30N2O4/c1-16(2)22-12-9-18(4)13-24(22)34-20(6)26(31)25-19(5)23(14-29)27(32)30(28(25)33)15-21-10-7-17(3)8-11-21/h7-13,16,20,33H,15H2,1-6H3. The molecular formula is C28H30N2O4. The summed E-state index contributed by atoms with van der Waals surface area (Å²) in [6.45, 7) is 11.1. The molecule has 0 amide bonds. The van der Waals surface area contributed by atoms with E-state index in [1.165, 1.54) is 6.92 Å². The van der Waals surface area contributed by atoms with Crippen LogP contribution in [0.15, 0.2) is 47.3 Å². The molecule has 2 aromatic carbocycles. The van der Waals surface area contributed by atoms with Gasteiger partial charge in [0.15, 0.2) is 6.10 Å². The summed E-state index contributed by atoms with van der Waals surface area (Å²) in [6, 6.07) is 15.2. The number of aryl methyl sites for hydroxylation is 2. The zero-order valence-corrected chi connectivity index (χ0v) is 20.5. The Morgan fingerprint density at radius 1 is 1.06 bits per heavy atom. The smallest absolute Gasteiger partial charge is 0.271 e. The van der Waals surface area contributed by atoms with E-state index in [2.05, 4.69) is 0 Å². The highest BCUT2D eigenvalue weighted by Crippen LogP contribution is 2.30. The van der Waals surface area contributed by atoms with Crippen LogP contribution >= 0.6 is 0 Å². The average molecular weight is 459 g/mol. The second-order valence-corrected chi connectivity index (χ2v) is 9.01. The molecule has 0 aliphatic heterocycles. The van der Waals surface area contributed by atoms with Gasteiger partial charge in [-0.25, -0.2) is 0 Å². The van der Waals surface area contributed by atoms with E-state index in [9.17, 15) is 20.0 Å². The summed E-state index contributed by atoms with van der Waals surface area (Å²) in [4.78, 5) is 26.4. The van der Waals surface area contributed by atoms with E-state index in [1.54, 1.807) is 6.92 Å². The molecule has 6 heteroatoms. The normalized spacial score (nSPS) is 11.8. The highest BCUT2D eigenvalue weighted by Gasteiger charge is 2.28. The third kappa shape index (κ3) is 4.89. The molecule has 3 rings (SSSR count). The third-order valence-corrected chi connectivity index (χ3v) is 5.97. The maximum absolute atomic E-state index is 13.5. The van der Waals surface area contributed by atoms with Gasteiger partial charge < -0.3 is 9.84 Å². The molecule has 0 aliphatic carbocycles. The first-order valence-corrected chi connectivity index (χ1v) is 11.3. The summed E-state index contributed by atoms with van der Waals surface area (Å²) in [5.74, 6) is -0.174. The number of aromatic nitrogens is 1. The summed E-state index contributed by atoms with van der Waals surface area (Å²) in [6.07, 6.45) is -0.944. The van der Waals surface area contributed by atoms with Gasteiger partial charge >= 0.3 is 0 Å². The summed E-state index contributed by atoms with van der Waals surface area (Å²) in [5, 5.41) is 20.7. The molecule has 34 heavy (non-hydrogen) atoms. The fraction of sp³-hybridized carbons (Fsp3) is 0.321. The zero-order valence-electron chi connectivity index (χ0n) is 20.5. The molecule has 176 valence electrons. The van der Waals surface area contributed by atoms with Crippen LogP contribution in [0.2, 0.25) is 0 Å². The first-order valence-electron chi connectivity index (χ1n) is 11.3. The van der Waals surface area contributed by atoms with Crippen LogP contribution in [0.25, 0.3) is 0 Å². The first-order chi connectivity index (χ1) is 16.0. The van der Waals surface area contributed by atoms with Crippen LogP contribution in [0.1, 0.15) is 70.4 Å². The monoisotopic (exact) mass is 458 g/mol. The first kappa shape index (κ1) is 24.8. The van der Waals surface area contributed by atoms with Crippen molar-refractivity contribution in [2.45, 2.75) is 60.1 Å². The second kappa shape index (κ2) is 9.96. The molecule has 1 atom stereocenters. The van der Waals surface area contributed by atoms with Gasteiger partial charge in [-0.1, -0.05) is 55.8 Å². The van der Waals surface area contributed by atoms with E-state index in [1.807, 2.05) is 76.2 Å². The molecule has 6 nitrogen and oxygen atoms in total. The summed E-state index contributed by atoms with van der Waals surface area (Å²) < 4.78 is 7.13. The Morgan fingerprint density at radius 3 is 2.26 bits per heavy atom. The van der Waals surface area contributed by atoms with Crippen LogP contribution in [0.5, 0.6) is 11.6 Å². The number of carbonyl (C=O) groups is 1. The van der Waals surface area contributed by atoms with Crippen molar-refractivity contribution in [1.29, 1.82) is 5.26 Å². The quantitative estimate of drug-likeness (QED) is 0.493. The molecule has 0 radical (unpaired) electrons. The number of pyridine rings is 1. The van der Waals surface area contributed by atoms with Gasteiger partial charge in [0, 0.05) is 0 Å². The number of hydrogen-bond donors (Lipinski definition) is 1. The van der Waals surface area contributed by atoms with Crippen molar-refractivity contribution in [2.24, 2.45) is 0 Å². The molecule has 0 fully saturated rings. The fourth-order valence-corrected chi connectivity index (χ4v) is 3.94. The molecule has 0 saturated carbocycles. The number of aromatic hydroxyl groups is 1. The predicted octanol–water partition coefficient (Wildman–Crippen LogP) is 5.17. The van der Waals surface area contributed by atoms with Gasteiger partial charge in [0.05, 0.1) is 12.1 Å². The summed E-state index contributed by atoms with van der Waals surface area (Å²) >= 11 is 0. The van der Waals surface area contributed by atoms with Gasteiger partial charge in [0.2, 0.25) is 11.7 Å². The van der Waals surface area contributed by atoms with Crippen LogP contribution in [0.4, 0.5) is 0 Å². The lowest BCUT2D eigenvalue weighted by molar-refractivity contribution is 0.0810. The molecule has 0 spiro atoms. The van der Waals surface area contributed by atoms with E-state index >= 15 is 0 Å². The minimum atomic E-state index is -0.944. The number of rotatable bonds is 7. The number of benzene rings is 2. The van der Waals surface area contributed by atoms with Crippen LogP contribution in [-0.4, -0.2) is 21.6 Å². The maximum atomic E-state index is 13.5. The van der Waals surface area contributed by atoms with Crippen LogP contribution in [0.3, 0.4) is 0 Å². The minimum absolute atomic E-state index is 0.0325. The van der Waals surface area contributed by atoms with E-state index in [0.717, 1.165) is 26.8 Å². The molecule has 0 bridgehead atoms. The number of Topliss-reactive ketones (excluding diaryl/α,β-unsaturated/α-hetero) is 1. The van der Waals surface area contributed by atoms with Gasteiger partial charge in [0.25, 0.3) is 5.56 Å². The number of nitrogens with zero attached hydrogens (tertiary/aromatic N) is 2. The molecule has 1 N–H and O–H groups in total. The molecule has 0 saturated heterocycles. The Bertz CT molecular complexity index is 1330. The van der Waals surface area contributed by atoms with Gasteiger partial charge in [-0.15, -0.1) is 0 Å². The average Bonchev–Trinajstić information content (AvgIpc) is 2.78. The predicted molar refractivity (Wildman–Crippen MR) is 132 cm³/mol. The summed E-state index contributed by atoms with van der Waals surface area (Å²) in [5.41, 5.74) is 3.06. The van der Waals surface area contributed by atoms with E-state index < -0.39 is 23.3 Å². The zero-order chi connectivity index (χ0) is 25.2. The third-order valence-electron chi connectivity index (χ3n) is 5.97. The topological polar surface area (TPSA) is 92.3 Å². The van der Waals surface area contributed by atoms with Crippen LogP contribution in [-0.2, 0) is 6.54 Å². The van der Waals surface area contributed by atoms with Gasteiger partial charge in [0.1, 0.15) is 17.4 Å². The maximum Gasteiger partial charge on any atom is 0.271 e. The molecular weight excluding hydrogens is 428 g/mol. The number of ketones is 1. The van der Waals surface area contributed by atoms with E-state index in [-0.39, 0.29) is 29.2 Å². The highest BCUT2D eigenvalue weighted by atomic mass is 16.5. The lowest BCUT2D eigenvalue weighted by Gasteiger charge is -2.21. The van der Waals surface area contributed by atoms with Crippen molar-refractivity contribution < 1.29 is 14.6 Å². The molecule has 3 aromatic rings. The minimum Gasteiger partial charge on any atom is -0.494 e. The van der Waals surface area contributed by atoms with Crippen molar-refractivity contribution in [3.05, 3.63) is 91.8 Å². The van der Waals surface area contributed by atoms with Crippen molar-refractivity contribution in [1.82, 2.24) is 4.57 Å². The van der Waals surface area contributed by atoms with E-state index in [4.69, 9.17) is 4.74 Å². The van der Waals surface area contributed by atoms with Gasteiger partial charge in [-0.2, -0.15) is 5.26 Å². The Balaban J connectivity index is 2.06.